The van der Waals surface area contributed by atoms with Gasteiger partial charge in [0, 0.05) is 24.0 Å². The molecular formula is C13H15NO. The third kappa shape index (κ3) is 1.17. The lowest BCUT2D eigenvalue weighted by Crippen LogP contribution is -2.06. The zero-order chi connectivity index (χ0) is 10.4. The van der Waals surface area contributed by atoms with Crippen molar-refractivity contribution in [1.29, 1.82) is 0 Å². The molecule has 1 aromatic carbocycles. The highest BCUT2D eigenvalue weighted by molar-refractivity contribution is 5.90. The second-order valence-corrected chi connectivity index (χ2v) is 4.40. The fraction of sp³-hybridized carbons (Fsp3) is 0.385. The molecule has 0 amide bonds. The molecule has 0 aliphatic carbocycles. The fourth-order valence-electron chi connectivity index (χ4n) is 2.36. The lowest BCUT2D eigenvalue weighted by Gasteiger charge is -2.13. The summed E-state index contributed by atoms with van der Waals surface area (Å²) in [5, 5.41) is 1.32. The summed E-state index contributed by atoms with van der Waals surface area (Å²) in [7, 11) is 0. The quantitative estimate of drug-likeness (QED) is 0.691. The monoisotopic (exact) mass is 201 g/mol. The molecular weight excluding hydrogens is 186 g/mol. The number of rotatable bonds is 1. The van der Waals surface area contributed by atoms with Gasteiger partial charge in [0.15, 0.2) is 0 Å². The zero-order valence-corrected chi connectivity index (χ0v) is 9.16. The van der Waals surface area contributed by atoms with E-state index < -0.39 is 0 Å². The molecule has 2 heterocycles. The summed E-state index contributed by atoms with van der Waals surface area (Å²) in [5.74, 6) is 1.06. The van der Waals surface area contributed by atoms with Crippen molar-refractivity contribution in [2.45, 2.75) is 26.3 Å². The second kappa shape index (κ2) is 3.02. The molecule has 0 fully saturated rings. The molecule has 3 rings (SSSR count). The number of hydrogen-bond acceptors (Lipinski definition) is 1. The van der Waals surface area contributed by atoms with E-state index in [0.29, 0.717) is 6.04 Å². The molecule has 1 aliphatic rings. The summed E-state index contributed by atoms with van der Waals surface area (Å²) in [4.78, 5) is 0. The van der Waals surface area contributed by atoms with E-state index in [1.807, 2.05) is 0 Å². The first-order chi connectivity index (χ1) is 7.27. The molecule has 0 N–H and O–H groups in total. The molecule has 0 atom stereocenters. The van der Waals surface area contributed by atoms with E-state index >= 15 is 0 Å². The Kier molecular flexibility index (Phi) is 1.78. The maximum absolute atomic E-state index is 5.71. The van der Waals surface area contributed by atoms with Crippen molar-refractivity contribution in [2.75, 3.05) is 6.61 Å². The van der Waals surface area contributed by atoms with E-state index in [1.54, 1.807) is 0 Å². The van der Waals surface area contributed by atoms with Crippen LogP contribution >= 0.6 is 0 Å². The summed E-state index contributed by atoms with van der Waals surface area (Å²) < 4.78 is 8.00. The van der Waals surface area contributed by atoms with Crippen molar-refractivity contribution in [3.63, 3.8) is 0 Å². The van der Waals surface area contributed by atoms with Crippen LogP contribution in [0.3, 0.4) is 0 Å². The van der Waals surface area contributed by atoms with Crippen LogP contribution in [-0.4, -0.2) is 11.2 Å². The van der Waals surface area contributed by atoms with Crippen molar-refractivity contribution in [3.8, 4) is 5.75 Å². The predicted octanol–water partition coefficient (Wildman–Crippen LogP) is 3.16. The second-order valence-electron chi connectivity index (χ2n) is 4.40. The van der Waals surface area contributed by atoms with Gasteiger partial charge in [0.05, 0.1) is 12.1 Å². The van der Waals surface area contributed by atoms with Crippen molar-refractivity contribution in [1.82, 2.24) is 4.57 Å². The number of nitrogens with zero attached hydrogens (tertiary/aromatic N) is 1. The SMILES string of the molecule is CC(C)n1cc2c3c(cccc31)CCO2. The lowest BCUT2D eigenvalue weighted by atomic mass is 10.1. The van der Waals surface area contributed by atoms with E-state index in [0.717, 1.165) is 18.8 Å². The van der Waals surface area contributed by atoms with Crippen LogP contribution in [0.4, 0.5) is 0 Å². The van der Waals surface area contributed by atoms with Crippen LogP contribution in [0.2, 0.25) is 0 Å². The molecule has 15 heavy (non-hydrogen) atoms. The van der Waals surface area contributed by atoms with Crippen LogP contribution in [0.5, 0.6) is 5.75 Å². The first kappa shape index (κ1) is 8.84. The van der Waals surface area contributed by atoms with Crippen LogP contribution in [0.25, 0.3) is 10.9 Å². The molecule has 0 saturated carbocycles. The Morgan fingerprint density at radius 2 is 2.20 bits per heavy atom. The minimum absolute atomic E-state index is 0.484. The molecule has 1 aromatic heterocycles. The van der Waals surface area contributed by atoms with Gasteiger partial charge in [-0.1, -0.05) is 12.1 Å². The van der Waals surface area contributed by atoms with Crippen LogP contribution in [0, 0.1) is 0 Å². The molecule has 0 saturated heterocycles. The normalized spacial score (nSPS) is 14.6. The summed E-state index contributed by atoms with van der Waals surface area (Å²) >= 11 is 0. The Morgan fingerprint density at radius 3 is 3.00 bits per heavy atom. The predicted molar refractivity (Wildman–Crippen MR) is 61.5 cm³/mol. The molecule has 2 aromatic rings. The molecule has 2 nitrogen and oxygen atoms in total. The topological polar surface area (TPSA) is 14.2 Å². The van der Waals surface area contributed by atoms with Gasteiger partial charge >= 0.3 is 0 Å². The lowest BCUT2D eigenvalue weighted by molar-refractivity contribution is 0.317. The average molecular weight is 201 g/mol. The van der Waals surface area contributed by atoms with Gasteiger partial charge in [0.25, 0.3) is 0 Å². The van der Waals surface area contributed by atoms with Gasteiger partial charge in [-0.15, -0.1) is 0 Å². The highest BCUT2D eigenvalue weighted by Crippen LogP contribution is 2.35. The van der Waals surface area contributed by atoms with E-state index in [2.05, 4.69) is 42.8 Å². The van der Waals surface area contributed by atoms with Gasteiger partial charge < -0.3 is 9.30 Å². The van der Waals surface area contributed by atoms with Crippen LogP contribution in [0.1, 0.15) is 25.5 Å². The molecule has 1 aliphatic heterocycles. The first-order valence-electron chi connectivity index (χ1n) is 5.52. The highest BCUT2D eigenvalue weighted by atomic mass is 16.5. The highest BCUT2D eigenvalue weighted by Gasteiger charge is 2.17. The summed E-state index contributed by atoms with van der Waals surface area (Å²) in [5.41, 5.74) is 2.73. The molecule has 78 valence electrons. The molecule has 0 radical (unpaired) electrons. The van der Waals surface area contributed by atoms with Crippen molar-refractivity contribution >= 4 is 10.9 Å². The number of hydrogen-bond donors (Lipinski definition) is 0. The van der Waals surface area contributed by atoms with Gasteiger partial charge in [-0.2, -0.15) is 0 Å². The largest absolute Gasteiger partial charge is 0.491 e. The minimum atomic E-state index is 0.484. The van der Waals surface area contributed by atoms with E-state index in [9.17, 15) is 0 Å². The Bertz CT molecular complexity index is 510. The zero-order valence-electron chi connectivity index (χ0n) is 9.16. The van der Waals surface area contributed by atoms with Crippen LogP contribution in [0.15, 0.2) is 24.4 Å². The van der Waals surface area contributed by atoms with Crippen LogP contribution in [-0.2, 0) is 6.42 Å². The number of ether oxygens (including phenoxy) is 1. The maximum atomic E-state index is 5.71. The van der Waals surface area contributed by atoms with Crippen molar-refractivity contribution < 1.29 is 4.74 Å². The average Bonchev–Trinajstić information content (AvgIpc) is 2.61. The van der Waals surface area contributed by atoms with E-state index in [4.69, 9.17) is 4.74 Å². The van der Waals surface area contributed by atoms with Gasteiger partial charge in [-0.25, -0.2) is 0 Å². The summed E-state index contributed by atoms with van der Waals surface area (Å²) in [6.45, 7) is 5.22. The standard InChI is InChI=1S/C13H15NO/c1-9(2)14-8-12-13-10(6-7-15-12)4-3-5-11(13)14/h3-5,8-9H,6-7H2,1-2H3. The fourth-order valence-corrected chi connectivity index (χ4v) is 2.36. The van der Waals surface area contributed by atoms with Gasteiger partial charge in [-0.3, -0.25) is 0 Å². The number of benzene rings is 1. The number of aromatic nitrogens is 1. The molecule has 0 spiro atoms. The summed E-state index contributed by atoms with van der Waals surface area (Å²) in [6, 6.07) is 7.01. The van der Waals surface area contributed by atoms with Crippen LogP contribution < -0.4 is 4.74 Å². The molecule has 2 heteroatoms. The van der Waals surface area contributed by atoms with Gasteiger partial charge in [0.1, 0.15) is 5.75 Å². The summed E-state index contributed by atoms with van der Waals surface area (Å²) in [6.07, 6.45) is 3.17. The van der Waals surface area contributed by atoms with Gasteiger partial charge in [-0.05, 0) is 25.5 Å². The van der Waals surface area contributed by atoms with E-state index in [-0.39, 0.29) is 0 Å². The Balaban J connectivity index is 2.38. The first-order valence-corrected chi connectivity index (χ1v) is 5.52. The Morgan fingerprint density at radius 1 is 1.33 bits per heavy atom. The van der Waals surface area contributed by atoms with E-state index in [1.165, 1.54) is 16.5 Å². The van der Waals surface area contributed by atoms with Crippen molar-refractivity contribution in [2.24, 2.45) is 0 Å². The maximum Gasteiger partial charge on any atom is 0.145 e. The van der Waals surface area contributed by atoms with Crippen molar-refractivity contribution in [3.05, 3.63) is 30.0 Å². The Hall–Kier alpha value is -1.44. The molecule has 0 bridgehead atoms. The smallest absolute Gasteiger partial charge is 0.145 e. The van der Waals surface area contributed by atoms with Gasteiger partial charge in [0.2, 0.25) is 0 Å². The third-order valence-electron chi connectivity index (χ3n) is 3.09. The third-order valence-corrected chi connectivity index (χ3v) is 3.09. The minimum Gasteiger partial charge on any atom is -0.491 e. The molecule has 0 unspecified atom stereocenters. The Labute approximate surface area is 89.5 Å².